The topological polar surface area (TPSA) is 173 Å². The van der Waals surface area contributed by atoms with Crippen LogP contribution in [0.2, 0.25) is 0 Å². The van der Waals surface area contributed by atoms with Crippen LogP contribution in [0.3, 0.4) is 0 Å². The van der Waals surface area contributed by atoms with Crippen molar-refractivity contribution in [3.8, 4) is 23.0 Å². The van der Waals surface area contributed by atoms with Crippen LogP contribution >= 0.6 is 0 Å². The van der Waals surface area contributed by atoms with Crippen LogP contribution in [0.5, 0.6) is 23.0 Å². The molecule has 38 heteroatoms. The maximum absolute atomic E-state index is 14.1. The zero-order chi connectivity index (χ0) is 74.0. The van der Waals surface area contributed by atoms with E-state index in [0.717, 1.165) is 48.5 Å². The number of halogens is 20. The van der Waals surface area contributed by atoms with Gasteiger partial charge in [0.2, 0.25) is 23.3 Å². The number of hydrogen-bond donors (Lipinski definition) is 0. The molecule has 0 aliphatic carbocycles. The lowest BCUT2D eigenvalue weighted by molar-refractivity contribution is 0.352. The summed E-state index contributed by atoms with van der Waals surface area (Å²) in [6.45, 7) is 4.00. The fraction of sp³-hybridized carbons (Fsp3) is 0.0323. The fourth-order valence-electron chi connectivity index (χ4n) is 8.35. The van der Waals surface area contributed by atoms with E-state index in [4.69, 9.17) is 0 Å². The van der Waals surface area contributed by atoms with Crippen molar-refractivity contribution in [1.82, 2.24) is 0 Å². The van der Waals surface area contributed by atoms with Crippen molar-refractivity contribution in [3.05, 3.63) is 274 Å². The van der Waals surface area contributed by atoms with E-state index in [-0.39, 0.29) is 0 Å². The Morgan fingerprint density at radius 1 is 0.200 bits per heavy atom. The van der Waals surface area contributed by atoms with Gasteiger partial charge in [-0.25, -0.2) is 87.8 Å². The molecule has 100 heavy (non-hydrogen) atoms. The maximum Gasteiger partial charge on any atom is 0.345 e. The van der Waals surface area contributed by atoms with Crippen LogP contribution in [-0.4, -0.2) is 33.7 Å². The third-order valence-corrected chi connectivity index (χ3v) is 22.2. The van der Waals surface area contributed by atoms with E-state index in [9.17, 15) is 121 Å². The fourth-order valence-corrected chi connectivity index (χ4v) is 16.7. The third-order valence-electron chi connectivity index (χ3n) is 12.7. The van der Waals surface area contributed by atoms with Gasteiger partial charge in [0.15, 0.2) is 142 Å². The Labute approximate surface area is 557 Å². The molecule has 0 bridgehead atoms. The quantitative estimate of drug-likeness (QED) is 0.0262. The van der Waals surface area contributed by atoms with Crippen molar-refractivity contribution >= 4 is 62.3 Å². The number of benzene rings is 10. The molecule has 0 heterocycles. The first-order chi connectivity index (χ1) is 46.9. The monoisotopic (exact) mass is 1540 g/mol. The lowest BCUT2D eigenvalue weighted by Gasteiger charge is -2.12. The Hall–Kier alpha value is -9.50. The van der Waals surface area contributed by atoms with Gasteiger partial charge in [0.1, 0.15) is 23.0 Å². The summed E-state index contributed by atoms with van der Waals surface area (Å²) >= 11 is 0. The molecular formula is C62H32F20O12S6+2. The van der Waals surface area contributed by atoms with Gasteiger partial charge in [-0.15, -0.1) is 0 Å². The predicted octanol–water partition coefficient (Wildman–Crippen LogP) is 16.4. The molecule has 0 aliphatic heterocycles. The normalized spacial score (nSPS) is 11.8. The molecule has 0 saturated heterocycles. The second-order valence-electron chi connectivity index (χ2n) is 18.9. The van der Waals surface area contributed by atoms with Gasteiger partial charge in [-0.1, -0.05) is 50.2 Å². The van der Waals surface area contributed by atoms with E-state index in [0.29, 0.717) is 29.4 Å². The Bertz CT molecular complexity index is 4540. The Morgan fingerprint density at radius 3 is 0.480 bits per heavy atom. The summed E-state index contributed by atoms with van der Waals surface area (Å²) in [5.41, 5.74) is 0. The van der Waals surface area contributed by atoms with Crippen molar-refractivity contribution in [2.75, 3.05) is 0 Å². The van der Waals surface area contributed by atoms with Crippen molar-refractivity contribution < 1.29 is 138 Å². The first-order valence-electron chi connectivity index (χ1n) is 26.7. The SMILES string of the molecule is CC.O=S(=O)(Oc1ccc([S+](c2ccccc2)c2ccc(OS(=O)(=O)c3c(F)c(F)c(F)c(F)c3F)cc2)cc1)c1c(F)c(F)c(F)c(F)c1F.O=S(=O)(Oc1ccc([S+](c2ccccc2)c2ccc(OS(=O)(=O)c3c(F)c(F)c(F)c(F)c3F)cc2)cc1)c1c(F)c(F)c(F)c(F)c1F. The molecule has 0 fully saturated rings. The van der Waals surface area contributed by atoms with Gasteiger partial charge in [0, 0.05) is 0 Å². The van der Waals surface area contributed by atoms with Crippen LogP contribution in [0.25, 0.3) is 0 Å². The summed E-state index contributed by atoms with van der Waals surface area (Å²) in [7, 11) is -24.6. The van der Waals surface area contributed by atoms with Crippen LogP contribution in [0, 0.1) is 116 Å². The third kappa shape index (κ3) is 15.3. The summed E-state index contributed by atoms with van der Waals surface area (Å²) in [5.74, 6) is -53.8. The second kappa shape index (κ2) is 30.1. The first kappa shape index (κ1) is 76.3. The highest BCUT2D eigenvalue weighted by Gasteiger charge is 2.41. The largest absolute Gasteiger partial charge is 0.379 e. The van der Waals surface area contributed by atoms with Gasteiger partial charge in [-0.05, 0) is 121 Å². The molecule has 0 unspecified atom stereocenters. The van der Waals surface area contributed by atoms with E-state index >= 15 is 0 Å². The molecule has 10 rings (SSSR count). The average Bonchev–Trinajstić information content (AvgIpc) is 0.762. The average molecular weight is 1540 g/mol. The summed E-state index contributed by atoms with van der Waals surface area (Å²) in [4.78, 5) is -6.03. The molecule has 0 atom stereocenters. The van der Waals surface area contributed by atoms with Gasteiger partial charge in [-0.2, -0.15) is 33.7 Å². The van der Waals surface area contributed by atoms with Crippen LogP contribution in [-0.2, 0) is 62.3 Å². The lowest BCUT2D eigenvalue weighted by Crippen LogP contribution is -2.17. The van der Waals surface area contributed by atoms with Gasteiger partial charge >= 0.3 is 40.5 Å². The molecule has 526 valence electrons. The molecule has 0 aliphatic rings. The van der Waals surface area contributed by atoms with Gasteiger partial charge in [0.05, 0.1) is 21.8 Å². The number of hydrogen-bond acceptors (Lipinski definition) is 12. The molecule has 12 nitrogen and oxygen atoms in total. The molecular weight excluding hydrogens is 1510 g/mol. The van der Waals surface area contributed by atoms with Crippen LogP contribution in [0.15, 0.2) is 207 Å². The summed E-state index contributed by atoms with van der Waals surface area (Å²) in [6.07, 6.45) is 0. The van der Waals surface area contributed by atoms with Crippen molar-refractivity contribution in [2.24, 2.45) is 0 Å². The predicted molar refractivity (Wildman–Crippen MR) is 311 cm³/mol. The van der Waals surface area contributed by atoms with Crippen LogP contribution in [0.4, 0.5) is 87.8 Å². The summed E-state index contributed by atoms with van der Waals surface area (Å²) in [5, 5.41) is 0. The number of rotatable bonds is 18. The molecule has 0 N–H and O–H groups in total. The van der Waals surface area contributed by atoms with Crippen molar-refractivity contribution in [1.29, 1.82) is 0 Å². The molecule has 10 aromatic rings. The zero-order valence-corrected chi connectivity index (χ0v) is 53.8. The van der Waals surface area contributed by atoms with Gasteiger partial charge < -0.3 is 16.7 Å². The molecule has 10 aromatic carbocycles. The molecule has 0 radical (unpaired) electrons. The van der Waals surface area contributed by atoms with Gasteiger partial charge in [0.25, 0.3) is 0 Å². The van der Waals surface area contributed by atoms with Crippen LogP contribution < -0.4 is 16.7 Å². The van der Waals surface area contributed by atoms with E-state index in [2.05, 4.69) is 16.7 Å². The van der Waals surface area contributed by atoms with Crippen molar-refractivity contribution in [3.63, 3.8) is 0 Å². The highest BCUT2D eigenvalue weighted by molar-refractivity contribution is 7.97. The van der Waals surface area contributed by atoms with Crippen LogP contribution in [0.1, 0.15) is 13.8 Å². The van der Waals surface area contributed by atoms with E-state index < -0.39 is 221 Å². The zero-order valence-electron chi connectivity index (χ0n) is 48.9. The smallest absolute Gasteiger partial charge is 0.345 e. The molecule has 0 amide bonds. The highest BCUT2D eigenvalue weighted by Crippen LogP contribution is 2.39. The molecule has 0 aromatic heterocycles. The second-order valence-corrected chi connectivity index (χ2v) is 28.9. The Kier molecular flexibility index (Phi) is 23.0. The minimum atomic E-state index is -5.59. The first-order valence-corrected chi connectivity index (χ1v) is 34.8. The lowest BCUT2D eigenvalue weighted by atomic mass is 10.3. The Morgan fingerprint density at radius 2 is 0.330 bits per heavy atom. The summed E-state index contributed by atoms with van der Waals surface area (Å²) in [6, 6.07) is 35.0. The standard InChI is InChI=1S/2C30H13F10O6S3.C2H6/c2*31-19-21(33)25(37)29(26(38)22(19)34)48(41,42)45-14-6-10-17(11-7-14)47(16-4-2-1-3-5-16)18-12-8-15(9-13-18)46-49(43,44)30-27(39)23(35)20(32)24(36)28(30)40;1-2/h2*1-13H;1-2H3/q2*+1;. The minimum absolute atomic E-state index is 0.398. The van der Waals surface area contributed by atoms with E-state index in [1.807, 2.05) is 13.8 Å². The van der Waals surface area contributed by atoms with E-state index in [1.54, 1.807) is 60.7 Å². The highest BCUT2D eigenvalue weighted by atomic mass is 32.2. The maximum atomic E-state index is 14.1. The van der Waals surface area contributed by atoms with E-state index in [1.165, 1.54) is 48.5 Å². The molecule has 0 saturated carbocycles. The minimum Gasteiger partial charge on any atom is -0.379 e. The van der Waals surface area contributed by atoms with Gasteiger partial charge in [-0.3, -0.25) is 0 Å². The van der Waals surface area contributed by atoms with Crippen molar-refractivity contribution in [2.45, 2.75) is 62.8 Å². The molecule has 0 spiro atoms. The Balaban J connectivity index is 0.000000248. The summed E-state index contributed by atoms with van der Waals surface area (Å²) < 4.78 is 394.